The molecule has 0 unspecified atom stereocenters. The summed E-state index contributed by atoms with van der Waals surface area (Å²) in [5.74, 6) is 0.436. The molecule has 9 heteroatoms. The van der Waals surface area contributed by atoms with Crippen molar-refractivity contribution in [3.63, 3.8) is 0 Å². The number of amides is 3. The van der Waals surface area contributed by atoms with Crippen molar-refractivity contribution >= 4 is 23.5 Å². The fourth-order valence-corrected chi connectivity index (χ4v) is 4.28. The Balaban J connectivity index is 1.81. The first-order chi connectivity index (χ1) is 16.9. The van der Waals surface area contributed by atoms with Crippen molar-refractivity contribution in [2.75, 3.05) is 18.5 Å². The zero-order chi connectivity index (χ0) is 25.2. The van der Waals surface area contributed by atoms with E-state index in [1.807, 2.05) is 19.1 Å². The van der Waals surface area contributed by atoms with Gasteiger partial charge in [0.2, 0.25) is 17.7 Å². The van der Waals surface area contributed by atoms with E-state index < -0.39 is 6.04 Å². The second-order valence-electron chi connectivity index (χ2n) is 8.57. The van der Waals surface area contributed by atoms with Crippen molar-refractivity contribution in [3.05, 3.63) is 54.3 Å². The van der Waals surface area contributed by atoms with Gasteiger partial charge >= 0.3 is 0 Å². The van der Waals surface area contributed by atoms with Crippen LogP contribution in [0, 0.1) is 6.92 Å². The van der Waals surface area contributed by atoms with Gasteiger partial charge in [0.15, 0.2) is 5.82 Å². The second kappa shape index (κ2) is 12.7. The summed E-state index contributed by atoms with van der Waals surface area (Å²) in [6.45, 7) is 7.93. The number of aromatic nitrogens is 1. The Morgan fingerprint density at radius 1 is 1.26 bits per heavy atom. The van der Waals surface area contributed by atoms with E-state index in [0.717, 1.165) is 25.7 Å². The number of nitrogens with zero attached hydrogens (tertiary/aromatic N) is 2. The highest BCUT2D eigenvalue weighted by atomic mass is 16.5. The van der Waals surface area contributed by atoms with Crippen LogP contribution in [0.2, 0.25) is 0 Å². The summed E-state index contributed by atoms with van der Waals surface area (Å²) in [7, 11) is 0. The van der Waals surface area contributed by atoms with Gasteiger partial charge in [-0.15, -0.1) is 6.58 Å². The van der Waals surface area contributed by atoms with Gasteiger partial charge in [-0.2, -0.15) is 0 Å². The maximum absolute atomic E-state index is 13.6. The van der Waals surface area contributed by atoms with Crippen LogP contribution in [-0.4, -0.2) is 47.0 Å². The fourth-order valence-electron chi connectivity index (χ4n) is 4.28. The second-order valence-corrected chi connectivity index (χ2v) is 8.57. The minimum absolute atomic E-state index is 0.0670. The minimum atomic E-state index is -0.912. The summed E-state index contributed by atoms with van der Waals surface area (Å²) in [5.41, 5.74) is 0.600. The first kappa shape index (κ1) is 26.0. The van der Waals surface area contributed by atoms with Crippen LogP contribution in [0.4, 0.5) is 5.82 Å². The van der Waals surface area contributed by atoms with Gasteiger partial charge in [0, 0.05) is 37.1 Å². The molecule has 0 aliphatic heterocycles. The summed E-state index contributed by atoms with van der Waals surface area (Å²) < 4.78 is 10.7. The van der Waals surface area contributed by atoms with Crippen LogP contribution in [0.15, 0.2) is 47.5 Å². The van der Waals surface area contributed by atoms with Gasteiger partial charge in [0.05, 0.1) is 6.61 Å². The Labute approximate surface area is 205 Å². The van der Waals surface area contributed by atoms with Crippen LogP contribution in [0.3, 0.4) is 0 Å². The molecular formula is C26H34N4O5. The molecular weight excluding hydrogens is 448 g/mol. The lowest BCUT2D eigenvalue weighted by molar-refractivity contribution is -0.141. The third-order valence-corrected chi connectivity index (χ3v) is 5.88. The average Bonchev–Trinajstić information content (AvgIpc) is 3.50. The van der Waals surface area contributed by atoms with E-state index in [1.54, 1.807) is 31.2 Å². The smallest absolute Gasteiger partial charge is 0.247 e. The van der Waals surface area contributed by atoms with Gasteiger partial charge in [-0.3, -0.25) is 14.4 Å². The average molecular weight is 483 g/mol. The lowest BCUT2D eigenvalue weighted by Crippen LogP contribution is -2.46. The lowest BCUT2D eigenvalue weighted by atomic mass is 10.0. The quantitative estimate of drug-likeness (QED) is 0.443. The van der Waals surface area contributed by atoms with Crippen LogP contribution in [0.25, 0.3) is 0 Å². The Morgan fingerprint density at radius 3 is 2.66 bits per heavy atom. The maximum Gasteiger partial charge on any atom is 0.247 e. The highest BCUT2D eigenvalue weighted by Crippen LogP contribution is 2.31. The molecule has 0 bridgehead atoms. The van der Waals surface area contributed by atoms with Crippen molar-refractivity contribution in [2.45, 2.75) is 64.5 Å². The molecule has 3 rings (SSSR count). The molecule has 1 aromatic heterocycles. The van der Waals surface area contributed by atoms with E-state index in [2.05, 4.69) is 22.4 Å². The number of benzene rings is 1. The molecule has 0 radical (unpaired) electrons. The summed E-state index contributed by atoms with van der Waals surface area (Å²) >= 11 is 0. The molecule has 1 atom stereocenters. The number of para-hydroxylation sites is 1. The normalized spacial score (nSPS) is 14.2. The van der Waals surface area contributed by atoms with Gasteiger partial charge in [0.25, 0.3) is 0 Å². The number of aryl methyl sites for hydroxylation is 1. The van der Waals surface area contributed by atoms with Crippen molar-refractivity contribution in [1.29, 1.82) is 0 Å². The first-order valence-electron chi connectivity index (χ1n) is 12.1. The number of ether oxygens (including phenoxy) is 1. The molecule has 0 spiro atoms. The summed E-state index contributed by atoms with van der Waals surface area (Å²) in [4.78, 5) is 40.8. The van der Waals surface area contributed by atoms with Crippen LogP contribution in [-0.2, 0) is 14.4 Å². The van der Waals surface area contributed by atoms with Gasteiger partial charge < -0.3 is 24.8 Å². The van der Waals surface area contributed by atoms with Gasteiger partial charge in [-0.1, -0.05) is 42.3 Å². The number of anilines is 1. The van der Waals surface area contributed by atoms with E-state index in [0.29, 0.717) is 29.5 Å². The standard InChI is InChI=1S/C26H34N4O5/c1-4-16-30(24(32)15-14-23(31)28-22-17-18(3)35-29-22)25(26(33)27-19-10-6-7-11-19)20-12-8-9-13-21(20)34-5-2/h4,8-9,12-13,17,19,25H,1,5-7,10-11,14-16H2,2-3H3,(H,27,33)(H,28,29,31)/t25-/m0/s1. The Hall–Kier alpha value is -3.62. The zero-order valence-electron chi connectivity index (χ0n) is 20.4. The number of carbonyl (C=O) groups is 3. The molecule has 1 heterocycles. The molecule has 35 heavy (non-hydrogen) atoms. The molecule has 2 N–H and O–H groups in total. The third-order valence-electron chi connectivity index (χ3n) is 5.88. The number of hydrogen-bond donors (Lipinski definition) is 2. The summed E-state index contributed by atoms with van der Waals surface area (Å²) in [5, 5.41) is 9.46. The van der Waals surface area contributed by atoms with Crippen LogP contribution in [0.1, 0.15) is 62.8 Å². The fraction of sp³-hybridized carbons (Fsp3) is 0.462. The molecule has 1 saturated carbocycles. The van der Waals surface area contributed by atoms with E-state index in [9.17, 15) is 14.4 Å². The molecule has 2 aromatic rings. The van der Waals surface area contributed by atoms with E-state index in [-0.39, 0.29) is 43.1 Å². The number of hydrogen-bond acceptors (Lipinski definition) is 6. The molecule has 0 saturated heterocycles. The predicted molar refractivity (Wildman–Crippen MR) is 132 cm³/mol. The Morgan fingerprint density at radius 2 is 2.00 bits per heavy atom. The molecule has 9 nitrogen and oxygen atoms in total. The van der Waals surface area contributed by atoms with Crippen molar-refractivity contribution in [1.82, 2.24) is 15.4 Å². The first-order valence-corrected chi connectivity index (χ1v) is 12.1. The predicted octanol–water partition coefficient (Wildman–Crippen LogP) is 3.92. The van der Waals surface area contributed by atoms with Crippen LogP contribution in [0.5, 0.6) is 5.75 Å². The van der Waals surface area contributed by atoms with Gasteiger partial charge in [-0.05, 0) is 32.8 Å². The van der Waals surface area contributed by atoms with E-state index in [4.69, 9.17) is 9.26 Å². The molecule has 1 aliphatic carbocycles. The third kappa shape index (κ3) is 7.18. The lowest BCUT2D eigenvalue weighted by Gasteiger charge is -2.32. The highest BCUT2D eigenvalue weighted by Gasteiger charge is 2.34. The molecule has 1 aromatic carbocycles. The molecule has 1 aliphatic rings. The Kier molecular flexibility index (Phi) is 9.46. The molecule has 188 valence electrons. The van der Waals surface area contributed by atoms with Crippen molar-refractivity contribution < 1.29 is 23.6 Å². The number of nitrogens with one attached hydrogen (secondary N) is 2. The monoisotopic (exact) mass is 482 g/mol. The number of carbonyl (C=O) groups excluding carboxylic acids is 3. The Bertz CT molecular complexity index is 1030. The largest absolute Gasteiger partial charge is 0.494 e. The summed E-state index contributed by atoms with van der Waals surface area (Å²) in [6, 6.07) is 8.00. The van der Waals surface area contributed by atoms with Crippen molar-refractivity contribution in [3.8, 4) is 5.75 Å². The molecule has 1 fully saturated rings. The van der Waals surface area contributed by atoms with E-state index >= 15 is 0 Å². The number of rotatable bonds is 12. The maximum atomic E-state index is 13.6. The highest BCUT2D eigenvalue weighted by molar-refractivity contribution is 5.94. The molecule has 3 amide bonds. The van der Waals surface area contributed by atoms with Gasteiger partial charge in [-0.25, -0.2) is 0 Å². The minimum Gasteiger partial charge on any atom is -0.494 e. The van der Waals surface area contributed by atoms with Crippen molar-refractivity contribution in [2.24, 2.45) is 0 Å². The van der Waals surface area contributed by atoms with Crippen LogP contribution < -0.4 is 15.4 Å². The zero-order valence-corrected chi connectivity index (χ0v) is 20.4. The SMILES string of the molecule is C=CCN(C(=O)CCC(=O)Nc1cc(C)on1)[C@H](C(=O)NC1CCCC1)c1ccccc1OCC. The summed E-state index contributed by atoms with van der Waals surface area (Å²) in [6.07, 6.45) is 5.41. The van der Waals surface area contributed by atoms with E-state index in [1.165, 1.54) is 4.90 Å². The van der Waals surface area contributed by atoms with Gasteiger partial charge in [0.1, 0.15) is 17.6 Å². The topological polar surface area (TPSA) is 114 Å². The van der Waals surface area contributed by atoms with Crippen LogP contribution >= 0.6 is 0 Å².